The van der Waals surface area contributed by atoms with Crippen molar-refractivity contribution in [2.24, 2.45) is 0 Å². The Hall–Kier alpha value is -5.12. The van der Waals surface area contributed by atoms with E-state index in [-0.39, 0.29) is 51.4 Å². The van der Waals surface area contributed by atoms with Crippen LogP contribution in [-0.2, 0) is 0 Å². The van der Waals surface area contributed by atoms with E-state index in [1.165, 1.54) is 67.7 Å². The van der Waals surface area contributed by atoms with E-state index < -0.39 is 35.6 Å². The molecular weight excluding hydrogens is 504 g/mol. The van der Waals surface area contributed by atoms with Crippen molar-refractivity contribution in [2.75, 3.05) is 13.6 Å². The van der Waals surface area contributed by atoms with Gasteiger partial charge in [-0.1, -0.05) is 13.8 Å². The summed E-state index contributed by atoms with van der Waals surface area (Å²) in [5.41, 5.74) is 0.927. The van der Waals surface area contributed by atoms with Crippen LogP contribution in [0.1, 0.15) is 82.9 Å². The number of ether oxygens (including phenoxy) is 2. The first-order valence-electron chi connectivity index (χ1n) is 12.2. The Labute approximate surface area is 223 Å². The number of imide groups is 2. The minimum absolute atomic E-state index is 0.0944. The van der Waals surface area contributed by atoms with Gasteiger partial charge in [0, 0.05) is 13.6 Å². The second-order valence-electron chi connectivity index (χ2n) is 8.30. The van der Waals surface area contributed by atoms with E-state index in [1.54, 1.807) is 6.92 Å². The number of rotatable bonds is 5. The average molecular weight is 529 g/mol. The lowest BCUT2D eigenvalue weighted by Crippen LogP contribution is -2.29. The van der Waals surface area contributed by atoms with Crippen LogP contribution in [0.2, 0.25) is 0 Å². The number of hydrogen-bond donors (Lipinski definition) is 0. The first-order valence-corrected chi connectivity index (χ1v) is 12.2. The van der Waals surface area contributed by atoms with Crippen LogP contribution in [0.25, 0.3) is 0 Å². The molecule has 0 atom stereocenters. The third-order valence-corrected chi connectivity index (χ3v) is 6.09. The molecule has 0 unspecified atom stereocenters. The fraction of sp³-hybridized carbons (Fsp3) is 0.172. The van der Waals surface area contributed by atoms with Crippen LogP contribution in [0, 0.1) is 0 Å². The molecule has 2 aliphatic heterocycles. The molecule has 0 saturated carbocycles. The van der Waals surface area contributed by atoms with Gasteiger partial charge < -0.3 is 9.47 Å². The monoisotopic (exact) mass is 528 g/mol. The average Bonchev–Trinajstić information content (AvgIpc) is 3.33. The highest BCUT2D eigenvalue weighted by molar-refractivity contribution is 6.22. The Morgan fingerprint density at radius 3 is 1.46 bits per heavy atom. The number of benzene rings is 3. The Kier molecular flexibility index (Phi) is 7.39. The van der Waals surface area contributed by atoms with Crippen molar-refractivity contribution in [3.05, 3.63) is 94.0 Å². The van der Waals surface area contributed by atoms with E-state index in [0.29, 0.717) is 0 Å². The van der Waals surface area contributed by atoms with Crippen molar-refractivity contribution in [3.8, 4) is 11.5 Å². The molecule has 0 aliphatic carbocycles. The highest BCUT2D eigenvalue weighted by atomic mass is 16.5. The lowest BCUT2D eigenvalue weighted by Gasteiger charge is -2.08. The van der Waals surface area contributed by atoms with Crippen LogP contribution in [0.3, 0.4) is 0 Å². The van der Waals surface area contributed by atoms with E-state index >= 15 is 0 Å². The van der Waals surface area contributed by atoms with Crippen LogP contribution < -0.4 is 9.47 Å². The molecule has 0 saturated heterocycles. The molecule has 0 bridgehead atoms. The SMILES string of the molecule is CC.CCN1C(=O)c2ccc(C(=O)Oc3ccc(OC(=O)c4ccc5c(c4)C(=O)N(C)C5=O)cc3)cc2C1=O. The van der Waals surface area contributed by atoms with Crippen LogP contribution in [0.15, 0.2) is 60.7 Å². The Balaban J connectivity index is 0.00000172. The van der Waals surface area contributed by atoms with E-state index in [4.69, 9.17) is 9.47 Å². The van der Waals surface area contributed by atoms with Crippen molar-refractivity contribution in [2.45, 2.75) is 20.8 Å². The molecule has 5 rings (SSSR count). The normalized spacial score (nSPS) is 13.5. The quantitative estimate of drug-likeness (QED) is 0.276. The minimum Gasteiger partial charge on any atom is -0.423 e. The van der Waals surface area contributed by atoms with Crippen molar-refractivity contribution >= 4 is 35.6 Å². The predicted octanol–water partition coefficient (Wildman–Crippen LogP) is 3.99. The maximum absolute atomic E-state index is 12.6. The maximum Gasteiger partial charge on any atom is 0.343 e. The van der Waals surface area contributed by atoms with Gasteiger partial charge in [0.25, 0.3) is 23.6 Å². The first kappa shape index (κ1) is 26.9. The zero-order valence-electron chi connectivity index (χ0n) is 21.6. The van der Waals surface area contributed by atoms with Crippen LogP contribution in [0.4, 0.5) is 0 Å². The zero-order chi connectivity index (χ0) is 28.4. The Morgan fingerprint density at radius 1 is 0.615 bits per heavy atom. The summed E-state index contributed by atoms with van der Waals surface area (Å²) in [4.78, 5) is 76.0. The Bertz CT molecular complexity index is 1540. The number of carbonyl (C=O) groups is 6. The van der Waals surface area contributed by atoms with Gasteiger partial charge in [-0.2, -0.15) is 0 Å². The lowest BCUT2D eigenvalue weighted by atomic mass is 10.1. The molecule has 0 fully saturated rings. The number of amides is 4. The van der Waals surface area contributed by atoms with Gasteiger partial charge in [0.15, 0.2) is 0 Å². The van der Waals surface area contributed by atoms with Crippen molar-refractivity contribution in [3.63, 3.8) is 0 Å². The number of fused-ring (bicyclic) bond motifs is 2. The molecule has 2 aliphatic rings. The van der Waals surface area contributed by atoms with Gasteiger partial charge in [-0.25, -0.2) is 9.59 Å². The second kappa shape index (κ2) is 10.7. The molecule has 3 aromatic rings. The number of esters is 2. The summed E-state index contributed by atoms with van der Waals surface area (Å²) in [7, 11) is 1.36. The molecule has 0 radical (unpaired) electrons. The fourth-order valence-corrected chi connectivity index (χ4v) is 4.10. The largest absolute Gasteiger partial charge is 0.423 e. The third kappa shape index (κ3) is 4.79. The van der Waals surface area contributed by atoms with E-state index in [2.05, 4.69) is 0 Å². The van der Waals surface area contributed by atoms with Crippen molar-refractivity contribution in [1.29, 1.82) is 0 Å². The van der Waals surface area contributed by atoms with E-state index in [9.17, 15) is 28.8 Å². The zero-order valence-corrected chi connectivity index (χ0v) is 21.6. The number of nitrogens with zero attached hydrogens (tertiary/aromatic N) is 2. The summed E-state index contributed by atoms with van der Waals surface area (Å²) in [5, 5.41) is 0. The summed E-state index contributed by atoms with van der Waals surface area (Å²) in [6.07, 6.45) is 0. The lowest BCUT2D eigenvalue weighted by molar-refractivity contribution is 0.0655. The molecule has 0 spiro atoms. The standard InChI is InChI=1S/C27H18N2O8.C2H6/c1-3-29-24(32)19-11-5-15(13-21(19)25(29)33)27(35)37-17-8-6-16(7-9-17)36-26(34)14-4-10-18-20(12-14)23(31)28(2)22(18)30;1-2/h4-13H,3H2,1-2H3;1-2H3. The summed E-state index contributed by atoms with van der Waals surface area (Å²) in [5.74, 6) is -2.95. The van der Waals surface area contributed by atoms with Gasteiger partial charge >= 0.3 is 11.9 Å². The topological polar surface area (TPSA) is 127 Å². The van der Waals surface area contributed by atoms with Gasteiger partial charge in [0.2, 0.25) is 0 Å². The summed E-state index contributed by atoms with van der Waals surface area (Å²) in [6, 6.07) is 13.9. The maximum atomic E-state index is 12.6. The predicted molar refractivity (Wildman–Crippen MR) is 138 cm³/mol. The molecule has 39 heavy (non-hydrogen) atoms. The highest BCUT2D eigenvalue weighted by Gasteiger charge is 2.35. The molecule has 10 nitrogen and oxygen atoms in total. The molecule has 4 amide bonds. The molecule has 0 N–H and O–H groups in total. The minimum atomic E-state index is -0.735. The summed E-state index contributed by atoms with van der Waals surface area (Å²) >= 11 is 0. The summed E-state index contributed by atoms with van der Waals surface area (Å²) < 4.78 is 10.7. The van der Waals surface area contributed by atoms with E-state index in [1.807, 2.05) is 13.8 Å². The number of hydrogen-bond acceptors (Lipinski definition) is 8. The van der Waals surface area contributed by atoms with Gasteiger partial charge in [-0.15, -0.1) is 0 Å². The molecule has 198 valence electrons. The van der Waals surface area contributed by atoms with Gasteiger partial charge in [-0.05, 0) is 67.6 Å². The van der Waals surface area contributed by atoms with Crippen molar-refractivity contribution < 1.29 is 38.2 Å². The Morgan fingerprint density at radius 2 is 1.00 bits per heavy atom. The molecule has 3 aromatic carbocycles. The van der Waals surface area contributed by atoms with E-state index in [0.717, 1.165) is 9.80 Å². The highest BCUT2D eigenvalue weighted by Crippen LogP contribution is 2.26. The third-order valence-electron chi connectivity index (χ3n) is 6.09. The van der Waals surface area contributed by atoms with Crippen LogP contribution >= 0.6 is 0 Å². The van der Waals surface area contributed by atoms with Gasteiger partial charge in [0.1, 0.15) is 11.5 Å². The van der Waals surface area contributed by atoms with Crippen LogP contribution in [-0.4, -0.2) is 59.0 Å². The van der Waals surface area contributed by atoms with Crippen LogP contribution in [0.5, 0.6) is 11.5 Å². The van der Waals surface area contributed by atoms with Gasteiger partial charge in [-0.3, -0.25) is 29.0 Å². The molecule has 2 heterocycles. The smallest absolute Gasteiger partial charge is 0.343 e. The molecule has 0 aromatic heterocycles. The molecular formula is C29H24N2O8. The molecule has 10 heteroatoms. The summed E-state index contributed by atoms with van der Waals surface area (Å²) in [6.45, 7) is 5.91. The van der Waals surface area contributed by atoms with Gasteiger partial charge in [0.05, 0.1) is 33.4 Å². The first-order chi connectivity index (χ1) is 18.7. The fourth-order valence-electron chi connectivity index (χ4n) is 4.10. The van der Waals surface area contributed by atoms with Crippen molar-refractivity contribution in [1.82, 2.24) is 9.80 Å². The number of carbonyl (C=O) groups excluding carboxylic acids is 6. The second-order valence-corrected chi connectivity index (χ2v) is 8.30.